The molecule has 5 heteroatoms. The van der Waals surface area contributed by atoms with Crippen LogP contribution in [0.25, 0.3) is 11.1 Å². The van der Waals surface area contributed by atoms with Crippen LogP contribution < -0.4 is 11.1 Å². The largest absolute Gasteiger partial charge is 0.424 e. The number of aromatic nitrogens is 1. The summed E-state index contributed by atoms with van der Waals surface area (Å²) in [6.45, 7) is 1.39. The molecule has 0 unspecified atom stereocenters. The molecule has 3 N–H and O–H groups in total. The smallest absolute Gasteiger partial charge is 0.295 e. The average molecular weight is 275 g/mol. The normalized spacial score (nSPS) is 16.6. The lowest BCUT2D eigenvalue weighted by atomic mass is 9.98. The Morgan fingerprint density at radius 3 is 3.00 bits per heavy atom. The van der Waals surface area contributed by atoms with Crippen LogP contribution in [0.15, 0.2) is 22.6 Å². The molecule has 1 aliphatic rings. The van der Waals surface area contributed by atoms with Crippen molar-refractivity contribution in [1.29, 1.82) is 0 Å². The van der Waals surface area contributed by atoms with E-state index in [1.165, 1.54) is 32.1 Å². The summed E-state index contributed by atoms with van der Waals surface area (Å²) in [5.41, 5.74) is 7.93. The Hall–Kier alpha value is -1.75. The molecule has 0 atom stereocenters. The lowest BCUT2D eigenvalue weighted by molar-refractivity contribution is 0.0346. The maximum atomic E-state index is 5.85. The fourth-order valence-corrected chi connectivity index (χ4v) is 2.64. The minimum absolute atomic E-state index is 0.439. The van der Waals surface area contributed by atoms with Gasteiger partial charge in [-0.1, -0.05) is 19.3 Å². The number of nitrogens with two attached hydrogens (primary N) is 1. The molecule has 3 rings (SSSR count). The maximum absolute atomic E-state index is 5.85. The van der Waals surface area contributed by atoms with Gasteiger partial charge in [-0.3, -0.25) is 0 Å². The summed E-state index contributed by atoms with van der Waals surface area (Å²) < 4.78 is 11.4. The molecule has 1 saturated carbocycles. The van der Waals surface area contributed by atoms with Crippen molar-refractivity contribution in [3.63, 3.8) is 0 Å². The molecule has 0 saturated heterocycles. The van der Waals surface area contributed by atoms with E-state index < -0.39 is 0 Å². The highest BCUT2D eigenvalue weighted by atomic mass is 16.5. The zero-order valence-electron chi connectivity index (χ0n) is 11.6. The number of fused-ring (bicyclic) bond motifs is 1. The molecule has 0 radical (unpaired) electrons. The summed E-state index contributed by atoms with van der Waals surface area (Å²) in [6, 6.07) is 5.98. The third-order valence-corrected chi connectivity index (χ3v) is 3.70. The van der Waals surface area contributed by atoms with Crippen LogP contribution in [0.2, 0.25) is 0 Å². The third-order valence-electron chi connectivity index (χ3n) is 3.70. The van der Waals surface area contributed by atoms with E-state index in [0.29, 0.717) is 31.0 Å². The van der Waals surface area contributed by atoms with Gasteiger partial charge >= 0.3 is 0 Å². The second-order valence-corrected chi connectivity index (χ2v) is 5.30. The summed E-state index contributed by atoms with van der Waals surface area (Å²) in [7, 11) is 0. The van der Waals surface area contributed by atoms with Gasteiger partial charge < -0.3 is 20.2 Å². The van der Waals surface area contributed by atoms with E-state index in [1.54, 1.807) is 0 Å². The van der Waals surface area contributed by atoms with E-state index in [1.807, 2.05) is 18.2 Å². The molecule has 5 nitrogen and oxygen atoms in total. The molecule has 0 aliphatic heterocycles. The minimum atomic E-state index is 0.439. The molecule has 0 spiro atoms. The Morgan fingerprint density at radius 2 is 2.15 bits per heavy atom. The van der Waals surface area contributed by atoms with Gasteiger partial charge in [0.05, 0.1) is 12.7 Å². The quantitative estimate of drug-likeness (QED) is 0.647. The summed E-state index contributed by atoms with van der Waals surface area (Å²) >= 11 is 0. The van der Waals surface area contributed by atoms with Crippen molar-refractivity contribution in [2.45, 2.75) is 38.2 Å². The predicted molar refractivity (Wildman–Crippen MR) is 79.7 cm³/mol. The molecular weight excluding hydrogens is 254 g/mol. The number of oxazole rings is 1. The first-order valence-electron chi connectivity index (χ1n) is 7.33. The van der Waals surface area contributed by atoms with Crippen LogP contribution in [0.5, 0.6) is 0 Å². The standard InChI is InChI=1S/C15H21N3O2/c16-11-6-7-14-13(10-11)18-15(20-14)17-8-9-19-12-4-2-1-3-5-12/h6-7,10,12H,1-5,8-9,16H2,(H,17,18). The lowest BCUT2D eigenvalue weighted by Gasteiger charge is -2.21. The van der Waals surface area contributed by atoms with Crippen molar-refractivity contribution in [1.82, 2.24) is 4.98 Å². The summed E-state index contributed by atoms with van der Waals surface area (Å²) in [4.78, 5) is 4.34. The van der Waals surface area contributed by atoms with Gasteiger partial charge in [0, 0.05) is 12.2 Å². The van der Waals surface area contributed by atoms with Crippen LogP contribution in [0.4, 0.5) is 11.7 Å². The number of nitrogens with one attached hydrogen (secondary N) is 1. The van der Waals surface area contributed by atoms with Crippen molar-refractivity contribution in [3.05, 3.63) is 18.2 Å². The van der Waals surface area contributed by atoms with Gasteiger partial charge in [0.15, 0.2) is 5.58 Å². The van der Waals surface area contributed by atoms with Crippen LogP contribution >= 0.6 is 0 Å². The molecule has 2 aromatic rings. The van der Waals surface area contributed by atoms with Crippen LogP contribution in [-0.2, 0) is 4.74 Å². The number of nitrogens with zero attached hydrogens (tertiary/aromatic N) is 1. The van der Waals surface area contributed by atoms with E-state index in [4.69, 9.17) is 14.9 Å². The van der Waals surface area contributed by atoms with E-state index in [9.17, 15) is 0 Å². The van der Waals surface area contributed by atoms with Crippen molar-refractivity contribution in [2.24, 2.45) is 0 Å². The number of hydrogen-bond acceptors (Lipinski definition) is 5. The summed E-state index contributed by atoms with van der Waals surface area (Å²) in [6.07, 6.45) is 6.78. The summed E-state index contributed by atoms with van der Waals surface area (Å²) in [5.74, 6) is 0. The van der Waals surface area contributed by atoms with Crippen LogP contribution in [0, 0.1) is 0 Å². The Labute approximate surface area is 118 Å². The number of anilines is 2. The van der Waals surface area contributed by atoms with Gasteiger partial charge in [0.2, 0.25) is 0 Å². The molecule has 1 aliphatic carbocycles. The van der Waals surface area contributed by atoms with Crippen molar-refractivity contribution in [2.75, 3.05) is 24.2 Å². The topological polar surface area (TPSA) is 73.3 Å². The van der Waals surface area contributed by atoms with Crippen molar-refractivity contribution in [3.8, 4) is 0 Å². The molecular formula is C15H21N3O2. The van der Waals surface area contributed by atoms with Gasteiger partial charge in [0.25, 0.3) is 6.01 Å². The number of benzene rings is 1. The fourth-order valence-electron chi connectivity index (χ4n) is 2.64. The minimum Gasteiger partial charge on any atom is -0.424 e. The van der Waals surface area contributed by atoms with E-state index in [-0.39, 0.29) is 0 Å². The second kappa shape index (κ2) is 6.13. The highest BCUT2D eigenvalue weighted by molar-refractivity contribution is 5.78. The van der Waals surface area contributed by atoms with Gasteiger partial charge in [-0.2, -0.15) is 4.98 Å². The van der Waals surface area contributed by atoms with Gasteiger partial charge in [0.1, 0.15) is 5.52 Å². The van der Waals surface area contributed by atoms with Gasteiger partial charge in [-0.05, 0) is 31.0 Å². The maximum Gasteiger partial charge on any atom is 0.295 e. The average Bonchev–Trinajstić information content (AvgIpc) is 2.86. The number of hydrogen-bond donors (Lipinski definition) is 2. The predicted octanol–water partition coefficient (Wildman–Crippen LogP) is 3.17. The SMILES string of the molecule is Nc1ccc2oc(NCCOC3CCCCC3)nc2c1. The van der Waals surface area contributed by atoms with Crippen LogP contribution in [0.3, 0.4) is 0 Å². The lowest BCUT2D eigenvalue weighted by Crippen LogP contribution is -2.20. The summed E-state index contributed by atoms with van der Waals surface area (Å²) in [5, 5.41) is 3.15. The molecule has 108 valence electrons. The second-order valence-electron chi connectivity index (χ2n) is 5.30. The van der Waals surface area contributed by atoms with Crippen molar-refractivity contribution >= 4 is 22.8 Å². The van der Waals surface area contributed by atoms with Crippen LogP contribution in [0.1, 0.15) is 32.1 Å². The number of ether oxygens (including phenoxy) is 1. The highest BCUT2D eigenvalue weighted by Crippen LogP contribution is 2.21. The van der Waals surface area contributed by atoms with Gasteiger partial charge in [-0.25, -0.2) is 0 Å². The molecule has 1 fully saturated rings. The van der Waals surface area contributed by atoms with E-state index in [2.05, 4.69) is 10.3 Å². The molecule has 1 aromatic carbocycles. The van der Waals surface area contributed by atoms with Crippen molar-refractivity contribution < 1.29 is 9.15 Å². The highest BCUT2D eigenvalue weighted by Gasteiger charge is 2.13. The van der Waals surface area contributed by atoms with E-state index >= 15 is 0 Å². The van der Waals surface area contributed by atoms with Gasteiger partial charge in [-0.15, -0.1) is 0 Å². The molecule has 20 heavy (non-hydrogen) atoms. The molecule has 1 heterocycles. The monoisotopic (exact) mass is 275 g/mol. The Morgan fingerprint density at radius 1 is 1.30 bits per heavy atom. The fraction of sp³-hybridized carbons (Fsp3) is 0.533. The Balaban J connectivity index is 1.47. The third kappa shape index (κ3) is 3.22. The molecule has 1 aromatic heterocycles. The molecule has 0 bridgehead atoms. The number of rotatable bonds is 5. The first-order valence-corrected chi connectivity index (χ1v) is 7.33. The van der Waals surface area contributed by atoms with Crippen LogP contribution in [-0.4, -0.2) is 24.2 Å². The Kier molecular flexibility index (Phi) is 4.06. The van der Waals surface area contributed by atoms with E-state index in [0.717, 1.165) is 11.1 Å². The first-order chi connectivity index (χ1) is 9.81. The zero-order valence-corrected chi connectivity index (χ0v) is 11.6. The Bertz CT molecular complexity index is 561. The zero-order chi connectivity index (χ0) is 13.8. The first kappa shape index (κ1) is 13.2. The molecule has 0 amide bonds. The number of nitrogen functional groups attached to an aromatic ring is 1.